The third-order valence-electron chi connectivity index (χ3n) is 5.43. The summed E-state index contributed by atoms with van der Waals surface area (Å²) in [4.78, 5) is 4.50. The van der Waals surface area contributed by atoms with Gasteiger partial charge in [-0.05, 0) is 43.9 Å². The molecule has 0 unspecified atom stereocenters. The number of hydrogen-bond donors (Lipinski definition) is 0. The van der Waals surface area contributed by atoms with Crippen LogP contribution in [0.2, 0.25) is 0 Å². The van der Waals surface area contributed by atoms with Crippen LogP contribution in [-0.4, -0.2) is 29.5 Å². The number of nitriles is 1. The highest BCUT2D eigenvalue weighted by atomic mass is 16.7. The molecule has 30 heavy (non-hydrogen) atoms. The van der Waals surface area contributed by atoms with Gasteiger partial charge >= 0.3 is 0 Å². The van der Waals surface area contributed by atoms with E-state index in [0.717, 1.165) is 24.0 Å². The second-order valence-corrected chi connectivity index (χ2v) is 7.47. The van der Waals surface area contributed by atoms with E-state index in [1.807, 2.05) is 36.4 Å². The van der Waals surface area contributed by atoms with Gasteiger partial charge in [-0.1, -0.05) is 29.4 Å². The van der Waals surface area contributed by atoms with Crippen LogP contribution < -0.4 is 4.74 Å². The third kappa shape index (κ3) is 3.80. The quantitative estimate of drug-likeness (QED) is 0.613. The highest BCUT2D eigenvalue weighted by molar-refractivity contribution is 5.63. The van der Waals surface area contributed by atoms with E-state index in [1.165, 1.54) is 12.8 Å². The number of aromatic nitrogens is 2. The maximum atomic E-state index is 9.55. The van der Waals surface area contributed by atoms with E-state index in [-0.39, 0.29) is 12.4 Å². The molecule has 0 spiro atoms. The van der Waals surface area contributed by atoms with Crippen LogP contribution in [-0.2, 0) is 9.47 Å². The number of ether oxygens (including phenoxy) is 3. The van der Waals surface area contributed by atoms with Crippen molar-refractivity contribution in [3.8, 4) is 34.7 Å². The molecule has 7 nitrogen and oxygen atoms in total. The van der Waals surface area contributed by atoms with Crippen LogP contribution in [0, 0.1) is 11.3 Å². The zero-order valence-corrected chi connectivity index (χ0v) is 16.4. The Morgan fingerprint density at radius 3 is 2.43 bits per heavy atom. The molecule has 5 rings (SSSR count). The average Bonchev–Trinajstić information content (AvgIpc) is 3.57. The first kappa shape index (κ1) is 18.8. The van der Waals surface area contributed by atoms with Gasteiger partial charge in [0, 0.05) is 16.7 Å². The normalized spacial score (nSPS) is 17.3. The highest BCUT2D eigenvalue weighted by Gasteiger charge is 2.20. The molecule has 1 saturated heterocycles. The molecule has 3 aromatic rings. The summed E-state index contributed by atoms with van der Waals surface area (Å²) in [5.41, 5.74) is 2.94. The molecule has 2 aromatic carbocycles. The van der Waals surface area contributed by atoms with Crippen LogP contribution in [0.4, 0.5) is 0 Å². The van der Waals surface area contributed by atoms with Crippen molar-refractivity contribution in [1.29, 1.82) is 5.26 Å². The Morgan fingerprint density at radius 1 is 0.967 bits per heavy atom. The summed E-state index contributed by atoms with van der Waals surface area (Å²) in [5, 5.41) is 13.6. The lowest BCUT2D eigenvalue weighted by atomic mass is 10.1. The lowest BCUT2D eigenvalue weighted by molar-refractivity contribution is -0.0441. The van der Waals surface area contributed by atoms with Crippen molar-refractivity contribution in [2.45, 2.75) is 38.1 Å². The summed E-state index contributed by atoms with van der Waals surface area (Å²) < 4.78 is 22.5. The van der Waals surface area contributed by atoms with E-state index in [2.05, 4.69) is 16.2 Å². The Bertz CT molecular complexity index is 1060. The van der Waals surface area contributed by atoms with Gasteiger partial charge < -0.3 is 18.7 Å². The minimum absolute atomic E-state index is 0.195. The Labute approximate surface area is 174 Å². The topological polar surface area (TPSA) is 90.4 Å². The van der Waals surface area contributed by atoms with Crippen molar-refractivity contribution in [1.82, 2.24) is 10.1 Å². The van der Waals surface area contributed by atoms with Crippen LogP contribution in [0.3, 0.4) is 0 Å². The molecule has 1 aliphatic heterocycles. The van der Waals surface area contributed by atoms with E-state index >= 15 is 0 Å². The number of hydrogen-bond acceptors (Lipinski definition) is 7. The van der Waals surface area contributed by atoms with Gasteiger partial charge in [0.05, 0.1) is 24.9 Å². The van der Waals surface area contributed by atoms with Gasteiger partial charge in [0.25, 0.3) is 5.89 Å². The maximum absolute atomic E-state index is 9.55. The summed E-state index contributed by atoms with van der Waals surface area (Å²) in [6, 6.07) is 15.3. The number of rotatable bonds is 5. The van der Waals surface area contributed by atoms with Crippen molar-refractivity contribution in [2.24, 2.45) is 0 Å². The fourth-order valence-electron chi connectivity index (χ4n) is 3.84. The zero-order valence-electron chi connectivity index (χ0n) is 16.4. The molecule has 2 heterocycles. The minimum Gasteiger partial charge on any atom is -0.489 e. The van der Waals surface area contributed by atoms with E-state index in [1.54, 1.807) is 6.07 Å². The molecule has 152 valence electrons. The van der Waals surface area contributed by atoms with Crippen LogP contribution in [0.5, 0.6) is 5.75 Å². The maximum Gasteiger partial charge on any atom is 0.258 e. The predicted molar refractivity (Wildman–Crippen MR) is 107 cm³/mol. The predicted octanol–water partition coefficient (Wildman–Crippen LogP) is 4.64. The second kappa shape index (κ2) is 8.27. The van der Waals surface area contributed by atoms with Gasteiger partial charge in [-0.25, -0.2) is 0 Å². The van der Waals surface area contributed by atoms with Crippen molar-refractivity contribution in [3.05, 3.63) is 53.6 Å². The monoisotopic (exact) mass is 403 g/mol. The summed E-state index contributed by atoms with van der Waals surface area (Å²) in [5.74, 6) is 1.45. The van der Waals surface area contributed by atoms with E-state index in [4.69, 9.17) is 18.7 Å². The van der Waals surface area contributed by atoms with Crippen molar-refractivity contribution < 1.29 is 18.7 Å². The Kier molecular flexibility index (Phi) is 5.18. The highest BCUT2D eigenvalue weighted by Crippen LogP contribution is 2.31. The summed E-state index contributed by atoms with van der Waals surface area (Å²) in [6.07, 6.45) is 4.32. The molecule has 1 saturated carbocycles. The Balaban J connectivity index is 1.35. The SMILES string of the molecule is N#Cc1cc(-c2nc(-c3ccc(C4OCCO4)cc3)no2)ccc1OC1CCCC1. The first-order chi connectivity index (χ1) is 14.8. The summed E-state index contributed by atoms with van der Waals surface area (Å²) in [7, 11) is 0. The molecule has 0 amide bonds. The first-order valence-corrected chi connectivity index (χ1v) is 10.2. The van der Waals surface area contributed by atoms with E-state index in [0.29, 0.717) is 41.8 Å². The smallest absolute Gasteiger partial charge is 0.258 e. The standard InChI is InChI=1S/C23H21N3O4/c24-14-18-13-17(9-10-20(18)29-19-3-1-2-4-19)22-25-21(26-30-22)15-5-7-16(8-6-15)23-27-11-12-28-23/h5-10,13,19,23H,1-4,11-12H2. The van der Waals surface area contributed by atoms with Gasteiger partial charge in [0.1, 0.15) is 11.8 Å². The third-order valence-corrected chi connectivity index (χ3v) is 5.43. The number of benzene rings is 2. The largest absolute Gasteiger partial charge is 0.489 e. The van der Waals surface area contributed by atoms with E-state index in [9.17, 15) is 5.26 Å². The van der Waals surface area contributed by atoms with Crippen LogP contribution >= 0.6 is 0 Å². The fraction of sp³-hybridized carbons (Fsp3) is 0.348. The fourth-order valence-corrected chi connectivity index (χ4v) is 3.84. The first-order valence-electron chi connectivity index (χ1n) is 10.2. The van der Waals surface area contributed by atoms with Crippen LogP contribution in [0.25, 0.3) is 22.8 Å². The molecule has 0 N–H and O–H groups in total. The van der Waals surface area contributed by atoms with Gasteiger partial charge in [-0.3, -0.25) is 0 Å². The summed E-state index contributed by atoms with van der Waals surface area (Å²) >= 11 is 0. The average molecular weight is 403 g/mol. The van der Waals surface area contributed by atoms with Gasteiger partial charge in [0.15, 0.2) is 6.29 Å². The molecule has 2 fully saturated rings. The molecular formula is C23H21N3O4. The van der Waals surface area contributed by atoms with Crippen molar-refractivity contribution in [3.63, 3.8) is 0 Å². The van der Waals surface area contributed by atoms with Crippen molar-refractivity contribution in [2.75, 3.05) is 13.2 Å². The Hall–Kier alpha value is -3.21. The molecular weight excluding hydrogens is 382 g/mol. The Morgan fingerprint density at radius 2 is 1.70 bits per heavy atom. The van der Waals surface area contributed by atoms with Crippen LogP contribution in [0.15, 0.2) is 47.0 Å². The molecule has 0 bridgehead atoms. The van der Waals surface area contributed by atoms with Gasteiger partial charge in [-0.2, -0.15) is 10.2 Å². The van der Waals surface area contributed by atoms with Gasteiger partial charge in [0.2, 0.25) is 5.82 Å². The molecule has 1 aromatic heterocycles. The van der Waals surface area contributed by atoms with Crippen LogP contribution in [0.1, 0.15) is 43.1 Å². The second-order valence-electron chi connectivity index (χ2n) is 7.47. The molecule has 0 radical (unpaired) electrons. The number of nitrogens with zero attached hydrogens (tertiary/aromatic N) is 3. The van der Waals surface area contributed by atoms with Crippen molar-refractivity contribution >= 4 is 0 Å². The van der Waals surface area contributed by atoms with Gasteiger partial charge in [-0.15, -0.1) is 0 Å². The lowest BCUT2D eigenvalue weighted by Crippen LogP contribution is -2.11. The molecule has 2 aliphatic rings. The lowest BCUT2D eigenvalue weighted by Gasteiger charge is -2.14. The molecule has 0 atom stereocenters. The molecule has 7 heteroatoms. The van der Waals surface area contributed by atoms with E-state index < -0.39 is 0 Å². The zero-order chi connectivity index (χ0) is 20.3. The molecule has 1 aliphatic carbocycles. The minimum atomic E-state index is -0.311. The summed E-state index contributed by atoms with van der Waals surface area (Å²) in [6.45, 7) is 1.21.